The Labute approximate surface area is 112 Å². The first-order valence-corrected chi connectivity index (χ1v) is 7.19. The maximum Gasteiger partial charge on any atom is 0.0666 e. The Bertz CT molecular complexity index is 553. The number of hydrogen-bond donors (Lipinski definition) is 0. The van der Waals surface area contributed by atoms with Crippen molar-refractivity contribution in [1.29, 1.82) is 5.26 Å². The third-order valence-corrected chi connectivity index (χ3v) is 4.17. The molecule has 0 aliphatic rings. The quantitative estimate of drug-likeness (QED) is 0.813. The van der Waals surface area contributed by atoms with Crippen molar-refractivity contribution in [3.8, 4) is 6.07 Å². The Morgan fingerprint density at radius 1 is 1.39 bits per heavy atom. The van der Waals surface area contributed by atoms with Crippen LogP contribution >= 0.6 is 11.3 Å². The molecule has 1 atom stereocenters. The van der Waals surface area contributed by atoms with Crippen molar-refractivity contribution in [1.82, 2.24) is 4.90 Å². The summed E-state index contributed by atoms with van der Waals surface area (Å²) in [5.41, 5.74) is 1.38. The van der Waals surface area contributed by atoms with E-state index in [4.69, 9.17) is 5.26 Å². The molecule has 0 N–H and O–H groups in total. The highest BCUT2D eigenvalue weighted by Crippen LogP contribution is 2.26. The van der Waals surface area contributed by atoms with Crippen LogP contribution in [0.15, 0.2) is 29.6 Å². The summed E-state index contributed by atoms with van der Waals surface area (Å²) in [6.45, 7) is 6.90. The van der Waals surface area contributed by atoms with Gasteiger partial charge in [0.2, 0.25) is 0 Å². The number of nitrogens with zero attached hydrogens (tertiary/aromatic N) is 2. The van der Waals surface area contributed by atoms with Crippen molar-refractivity contribution in [2.75, 3.05) is 13.1 Å². The van der Waals surface area contributed by atoms with Crippen LogP contribution in [-0.4, -0.2) is 18.0 Å². The maximum atomic E-state index is 8.90. The molecule has 0 spiro atoms. The molecular formula is C15H18N2S. The van der Waals surface area contributed by atoms with Gasteiger partial charge in [-0.1, -0.05) is 25.1 Å². The van der Waals surface area contributed by atoms with E-state index in [1.54, 1.807) is 11.3 Å². The molecule has 3 heteroatoms. The van der Waals surface area contributed by atoms with Crippen molar-refractivity contribution in [3.05, 3.63) is 35.2 Å². The van der Waals surface area contributed by atoms with Crippen LogP contribution in [-0.2, 0) is 6.54 Å². The summed E-state index contributed by atoms with van der Waals surface area (Å²) >= 11 is 1.80. The molecule has 0 aliphatic carbocycles. The van der Waals surface area contributed by atoms with E-state index in [2.05, 4.69) is 47.5 Å². The van der Waals surface area contributed by atoms with Crippen molar-refractivity contribution < 1.29 is 0 Å². The van der Waals surface area contributed by atoms with E-state index in [0.717, 1.165) is 19.6 Å². The molecule has 0 radical (unpaired) electrons. The lowest BCUT2D eigenvalue weighted by molar-refractivity contribution is 0.261. The lowest BCUT2D eigenvalue weighted by Crippen LogP contribution is -2.27. The van der Waals surface area contributed by atoms with Gasteiger partial charge in [0.25, 0.3) is 0 Å². The second kappa shape index (κ2) is 5.99. The molecule has 94 valence electrons. The summed E-state index contributed by atoms with van der Waals surface area (Å²) in [6, 6.07) is 10.8. The average molecular weight is 258 g/mol. The first-order chi connectivity index (χ1) is 8.74. The molecular weight excluding hydrogens is 240 g/mol. The van der Waals surface area contributed by atoms with Gasteiger partial charge in [-0.05, 0) is 35.9 Å². The lowest BCUT2D eigenvalue weighted by atomic mass is 10.1. The molecule has 0 aliphatic heterocycles. The van der Waals surface area contributed by atoms with Gasteiger partial charge in [0.05, 0.1) is 12.0 Å². The van der Waals surface area contributed by atoms with Gasteiger partial charge in [-0.3, -0.25) is 4.90 Å². The van der Waals surface area contributed by atoms with Crippen LogP contribution < -0.4 is 0 Å². The molecule has 2 rings (SSSR count). The molecule has 1 unspecified atom stereocenters. The molecule has 0 saturated carbocycles. The molecule has 0 saturated heterocycles. The van der Waals surface area contributed by atoms with E-state index in [9.17, 15) is 0 Å². The molecule has 1 heterocycles. The normalized spacial score (nSPS) is 12.8. The van der Waals surface area contributed by atoms with Crippen LogP contribution in [0.2, 0.25) is 0 Å². The number of rotatable bonds is 5. The molecule has 18 heavy (non-hydrogen) atoms. The Hall–Kier alpha value is -1.37. The van der Waals surface area contributed by atoms with E-state index in [1.807, 2.05) is 6.92 Å². The largest absolute Gasteiger partial charge is 0.298 e. The molecule has 2 nitrogen and oxygen atoms in total. The minimum Gasteiger partial charge on any atom is -0.298 e. The zero-order chi connectivity index (χ0) is 13.0. The van der Waals surface area contributed by atoms with Crippen LogP contribution in [0.3, 0.4) is 0 Å². The maximum absolute atomic E-state index is 8.90. The summed E-state index contributed by atoms with van der Waals surface area (Å²) in [7, 11) is 0. The third kappa shape index (κ3) is 2.90. The lowest BCUT2D eigenvalue weighted by Gasteiger charge is -2.21. The number of thiophene rings is 1. The summed E-state index contributed by atoms with van der Waals surface area (Å²) in [4.78, 5) is 2.34. The van der Waals surface area contributed by atoms with Gasteiger partial charge in [-0.15, -0.1) is 11.3 Å². The van der Waals surface area contributed by atoms with Gasteiger partial charge in [0.15, 0.2) is 0 Å². The third-order valence-electron chi connectivity index (χ3n) is 3.15. The fraction of sp³-hybridized carbons (Fsp3) is 0.400. The van der Waals surface area contributed by atoms with Gasteiger partial charge < -0.3 is 0 Å². The fourth-order valence-electron chi connectivity index (χ4n) is 2.13. The van der Waals surface area contributed by atoms with Gasteiger partial charge in [0.1, 0.15) is 0 Å². The summed E-state index contributed by atoms with van der Waals surface area (Å²) in [5.74, 6) is 0.0925. The average Bonchev–Trinajstić information content (AvgIpc) is 2.81. The highest BCUT2D eigenvalue weighted by atomic mass is 32.1. The van der Waals surface area contributed by atoms with Crippen LogP contribution in [0.25, 0.3) is 10.1 Å². The molecule has 0 bridgehead atoms. The van der Waals surface area contributed by atoms with E-state index < -0.39 is 0 Å². The van der Waals surface area contributed by atoms with Crippen molar-refractivity contribution in [2.24, 2.45) is 5.92 Å². The van der Waals surface area contributed by atoms with Gasteiger partial charge in [0, 0.05) is 17.8 Å². The molecule has 0 fully saturated rings. The number of hydrogen-bond acceptors (Lipinski definition) is 3. The minimum absolute atomic E-state index is 0.0925. The predicted molar refractivity (Wildman–Crippen MR) is 77.6 cm³/mol. The highest BCUT2D eigenvalue weighted by Gasteiger charge is 2.11. The van der Waals surface area contributed by atoms with E-state index in [1.165, 1.54) is 15.6 Å². The van der Waals surface area contributed by atoms with Crippen LogP contribution in [0.1, 0.15) is 19.4 Å². The monoisotopic (exact) mass is 258 g/mol. The zero-order valence-electron chi connectivity index (χ0n) is 10.9. The molecule has 0 amide bonds. The van der Waals surface area contributed by atoms with E-state index in [0.29, 0.717) is 0 Å². The topological polar surface area (TPSA) is 27.0 Å². The van der Waals surface area contributed by atoms with Crippen molar-refractivity contribution in [3.63, 3.8) is 0 Å². The van der Waals surface area contributed by atoms with Crippen molar-refractivity contribution in [2.45, 2.75) is 20.4 Å². The Balaban J connectivity index is 2.14. The van der Waals surface area contributed by atoms with Gasteiger partial charge in [-0.25, -0.2) is 0 Å². The SMILES string of the molecule is CCN(Cc1csc2ccccc12)CC(C)C#N. The second-order valence-electron chi connectivity index (χ2n) is 4.61. The summed E-state index contributed by atoms with van der Waals surface area (Å²) in [6.07, 6.45) is 0. The number of fused-ring (bicyclic) bond motifs is 1. The fourth-order valence-corrected chi connectivity index (χ4v) is 3.08. The zero-order valence-corrected chi connectivity index (χ0v) is 11.7. The Kier molecular flexibility index (Phi) is 4.35. The Morgan fingerprint density at radius 3 is 2.89 bits per heavy atom. The molecule has 2 aromatic rings. The van der Waals surface area contributed by atoms with Gasteiger partial charge in [-0.2, -0.15) is 5.26 Å². The first-order valence-electron chi connectivity index (χ1n) is 6.31. The van der Waals surface area contributed by atoms with Crippen LogP contribution in [0.4, 0.5) is 0 Å². The number of benzene rings is 1. The Morgan fingerprint density at radius 2 is 2.17 bits per heavy atom. The smallest absolute Gasteiger partial charge is 0.0666 e. The summed E-state index contributed by atoms with van der Waals surface area (Å²) in [5, 5.41) is 12.5. The minimum atomic E-state index is 0.0925. The summed E-state index contributed by atoms with van der Waals surface area (Å²) < 4.78 is 1.34. The molecule has 1 aromatic carbocycles. The number of nitriles is 1. The highest BCUT2D eigenvalue weighted by molar-refractivity contribution is 7.17. The predicted octanol–water partition coefficient (Wildman–Crippen LogP) is 3.88. The standard InChI is InChI=1S/C15H18N2S/c1-3-17(9-12(2)8-16)10-13-11-18-15-7-5-4-6-14(13)15/h4-7,11-12H,3,9-10H2,1-2H3. The van der Waals surface area contributed by atoms with Crippen molar-refractivity contribution >= 4 is 21.4 Å². The van der Waals surface area contributed by atoms with Crippen LogP contribution in [0, 0.1) is 17.2 Å². The van der Waals surface area contributed by atoms with Crippen LogP contribution in [0.5, 0.6) is 0 Å². The second-order valence-corrected chi connectivity index (χ2v) is 5.53. The first kappa shape index (κ1) is 13.1. The molecule has 1 aromatic heterocycles. The van der Waals surface area contributed by atoms with Gasteiger partial charge >= 0.3 is 0 Å². The van der Waals surface area contributed by atoms with E-state index >= 15 is 0 Å². The van der Waals surface area contributed by atoms with E-state index in [-0.39, 0.29) is 5.92 Å².